The average Bonchev–Trinajstić information content (AvgIpc) is 1.20. The summed E-state index contributed by atoms with van der Waals surface area (Å²) >= 11 is 1.44. The molecular weight excluding hydrogens is 1200 g/mol. The van der Waals surface area contributed by atoms with Gasteiger partial charge >= 0.3 is 18.2 Å². The van der Waals surface area contributed by atoms with Gasteiger partial charge in [0.05, 0.1) is 11.4 Å². The van der Waals surface area contributed by atoms with Crippen LogP contribution in [0.4, 0.5) is 9.59 Å². The second kappa shape index (κ2) is 32.9. The van der Waals surface area contributed by atoms with Crippen molar-refractivity contribution in [1.29, 1.82) is 0 Å². The zero-order valence-corrected chi connectivity index (χ0v) is 54.2. The third kappa shape index (κ3) is 18.3. The molecular formula is C76H80N6O11S. The summed E-state index contributed by atoms with van der Waals surface area (Å²) in [4.78, 5) is 101. The van der Waals surface area contributed by atoms with Crippen molar-refractivity contribution >= 4 is 53.5 Å². The SMILES string of the molecule is CCOc1ccc(COC(=O)[C@H](CSC(c2ccccc2)(c2ccccc2)c2ccccc2)NC(=O)[C@H](CC)NC(=O)[C@H](CNC(=O)[C@H](Cc2ccccc2)NC(=O)[C@H](Cc2ccccc2)NC(=O)OCC2c3ccccc3-c3ccccc32)NC(=O)OC(C)(C)C)cc1. The van der Waals surface area contributed by atoms with Crippen LogP contribution in [0.2, 0.25) is 0 Å². The fourth-order valence-corrected chi connectivity index (χ4v) is 12.8. The van der Waals surface area contributed by atoms with E-state index in [0.29, 0.717) is 23.5 Å². The molecule has 0 bridgehead atoms. The van der Waals surface area contributed by atoms with Gasteiger partial charge in [0.2, 0.25) is 23.6 Å². The zero-order valence-electron chi connectivity index (χ0n) is 53.4. The first-order valence-electron chi connectivity index (χ1n) is 31.6. The molecule has 8 aromatic rings. The Balaban J connectivity index is 0.936. The van der Waals surface area contributed by atoms with E-state index in [1.54, 1.807) is 76.2 Å². The van der Waals surface area contributed by atoms with E-state index in [4.69, 9.17) is 18.9 Å². The van der Waals surface area contributed by atoms with Crippen LogP contribution in [-0.4, -0.2) is 103 Å². The number of alkyl carbamates (subject to hydrolysis) is 2. The van der Waals surface area contributed by atoms with E-state index in [1.807, 2.05) is 183 Å². The van der Waals surface area contributed by atoms with Gasteiger partial charge in [0.25, 0.3) is 0 Å². The van der Waals surface area contributed by atoms with Crippen LogP contribution < -0.4 is 36.6 Å². The summed E-state index contributed by atoms with van der Waals surface area (Å²) in [7, 11) is 0. The molecule has 0 unspecified atom stereocenters. The molecule has 8 aromatic carbocycles. The summed E-state index contributed by atoms with van der Waals surface area (Å²) in [6.45, 7) is 8.29. The van der Waals surface area contributed by atoms with E-state index >= 15 is 0 Å². The van der Waals surface area contributed by atoms with E-state index in [0.717, 1.165) is 44.5 Å². The molecule has 0 aliphatic heterocycles. The number of nitrogens with one attached hydrogen (secondary N) is 6. The molecule has 0 spiro atoms. The van der Waals surface area contributed by atoms with Gasteiger partial charge in [0.15, 0.2) is 0 Å². The van der Waals surface area contributed by atoms with Crippen LogP contribution in [-0.2, 0) is 62.4 Å². The fraction of sp³-hybridized carbons (Fsp3) is 0.276. The van der Waals surface area contributed by atoms with Crippen LogP contribution in [0.25, 0.3) is 11.1 Å². The third-order valence-corrected chi connectivity index (χ3v) is 17.5. The van der Waals surface area contributed by atoms with E-state index in [9.17, 15) is 33.6 Å². The number of benzene rings is 8. The minimum Gasteiger partial charge on any atom is -0.494 e. The monoisotopic (exact) mass is 1280 g/mol. The Labute approximate surface area is 553 Å². The number of carbonyl (C=O) groups is 7. The Kier molecular flexibility index (Phi) is 23.8. The van der Waals surface area contributed by atoms with E-state index < -0.39 is 88.9 Å². The molecule has 0 fully saturated rings. The van der Waals surface area contributed by atoms with Crippen LogP contribution in [0.15, 0.2) is 224 Å². The Morgan fingerprint density at radius 1 is 0.447 bits per heavy atom. The second-order valence-electron chi connectivity index (χ2n) is 23.7. The molecule has 486 valence electrons. The highest BCUT2D eigenvalue weighted by Gasteiger charge is 2.40. The molecule has 94 heavy (non-hydrogen) atoms. The normalized spacial score (nSPS) is 13.4. The molecule has 6 N–H and O–H groups in total. The third-order valence-electron chi connectivity index (χ3n) is 15.9. The molecule has 0 heterocycles. The lowest BCUT2D eigenvalue weighted by Gasteiger charge is -2.36. The van der Waals surface area contributed by atoms with E-state index in [-0.39, 0.29) is 44.1 Å². The Morgan fingerprint density at radius 2 is 0.883 bits per heavy atom. The predicted octanol–water partition coefficient (Wildman–Crippen LogP) is 11.1. The van der Waals surface area contributed by atoms with E-state index in [2.05, 4.69) is 31.9 Å². The maximum atomic E-state index is 14.8. The Morgan fingerprint density at radius 3 is 1.38 bits per heavy atom. The Bertz CT molecular complexity index is 3680. The van der Waals surface area contributed by atoms with Gasteiger partial charge in [0, 0.05) is 31.1 Å². The highest BCUT2D eigenvalue weighted by molar-refractivity contribution is 8.00. The van der Waals surface area contributed by atoms with Crippen molar-refractivity contribution in [3.8, 4) is 16.9 Å². The first-order chi connectivity index (χ1) is 45.5. The number of fused-ring (bicyclic) bond motifs is 3. The minimum absolute atomic E-state index is 0.00507. The van der Waals surface area contributed by atoms with Gasteiger partial charge < -0.3 is 50.8 Å². The van der Waals surface area contributed by atoms with Crippen molar-refractivity contribution in [2.75, 3.05) is 25.5 Å². The van der Waals surface area contributed by atoms with Crippen molar-refractivity contribution in [3.05, 3.63) is 269 Å². The quantitative estimate of drug-likeness (QED) is 0.0146. The lowest BCUT2D eigenvalue weighted by Crippen LogP contribution is -2.60. The number of hydrogen-bond donors (Lipinski definition) is 6. The zero-order chi connectivity index (χ0) is 66.5. The number of carbonyl (C=O) groups excluding carboxylic acids is 7. The largest absolute Gasteiger partial charge is 0.494 e. The summed E-state index contributed by atoms with van der Waals surface area (Å²) in [6, 6.07) is 64.0. The topological polar surface area (TPSA) is 229 Å². The van der Waals surface area contributed by atoms with Gasteiger partial charge in [-0.2, -0.15) is 0 Å². The summed E-state index contributed by atoms with van der Waals surface area (Å²) < 4.78 is 22.2. The molecule has 0 radical (unpaired) electrons. The van der Waals surface area contributed by atoms with Crippen molar-refractivity contribution in [1.82, 2.24) is 31.9 Å². The minimum atomic E-state index is -1.57. The molecule has 1 aliphatic rings. The molecule has 5 atom stereocenters. The second-order valence-corrected chi connectivity index (χ2v) is 24.9. The molecule has 18 heteroatoms. The molecule has 17 nitrogen and oxygen atoms in total. The molecule has 6 amide bonds. The smallest absolute Gasteiger partial charge is 0.408 e. The highest BCUT2D eigenvalue weighted by Crippen LogP contribution is 2.49. The van der Waals surface area contributed by atoms with Crippen LogP contribution in [0.5, 0.6) is 5.75 Å². The molecule has 0 aromatic heterocycles. The van der Waals surface area contributed by atoms with Gasteiger partial charge in [-0.3, -0.25) is 19.2 Å². The average molecular weight is 1290 g/mol. The number of esters is 1. The maximum Gasteiger partial charge on any atom is 0.408 e. The molecule has 0 saturated heterocycles. The number of ether oxygens (including phenoxy) is 4. The van der Waals surface area contributed by atoms with Gasteiger partial charge in [-0.25, -0.2) is 14.4 Å². The summed E-state index contributed by atoms with van der Waals surface area (Å²) in [5.41, 5.74) is 7.96. The number of hydrogen-bond acceptors (Lipinski definition) is 12. The first-order valence-corrected chi connectivity index (χ1v) is 32.6. The molecule has 9 rings (SSSR count). The van der Waals surface area contributed by atoms with Crippen molar-refractivity contribution in [3.63, 3.8) is 0 Å². The Hall–Kier alpha value is -10.2. The molecule has 1 aliphatic carbocycles. The van der Waals surface area contributed by atoms with Crippen LogP contribution in [0.1, 0.15) is 91.5 Å². The lowest BCUT2D eigenvalue weighted by molar-refractivity contribution is -0.148. The summed E-state index contributed by atoms with van der Waals surface area (Å²) in [5, 5.41) is 16.6. The highest BCUT2D eigenvalue weighted by atomic mass is 32.2. The summed E-state index contributed by atoms with van der Waals surface area (Å²) in [5.74, 6) is -3.39. The fourth-order valence-electron chi connectivity index (χ4n) is 11.3. The molecule has 0 saturated carbocycles. The van der Waals surface area contributed by atoms with Gasteiger partial charge in [-0.15, -0.1) is 11.8 Å². The first kappa shape index (κ1) is 68.2. The number of rotatable bonds is 29. The van der Waals surface area contributed by atoms with Crippen molar-refractivity contribution < 1.29 is 52.5 Å². The van der Waals surface area contributed by atoms with Crippen LogP contribution in [0, 0.1) is 0 Å². The van der Waals surface area contributed by atoms with Crippen molar-refractivity contribution in [2.45, 2.75) is 107 Å². The standard InChI is InChI=1S/C76H80N6O11S/c1-6-63(69(84)80-67(72(87)91-48-53-41-43-57(44-42-53)90-7-2)50-94-76(54-31-17-10-18-32-54,55-33-19-11-20-34-55)56-35-21-12-22-36-56)78-71(86)66(82-74(89)93-75(3,4)5)47-77-68(83)64(45-51-27-13-8-14-28-51)79-70(85)65(46-52-29-15-9-16-30-52)81-73(88)92-49-62-60-39-25-23-37-58(60)59-38-24-26-40-61(59)62/h8-44,62-67H,6-7,45-50H2,1-5H3,(H,77,83)(H,78,86)(H,79,85)(H,80,84)(H,81,88)(H,82,89)/t63-,64-,65-,66-,67-/m0/s1. The van der Waals surface area contributed by atoms with Crippen LogP contribution in [0.3, 0.4) is 0 Å². The maximum absolute atomic E-state index is 14.8. The van der Waals surface area contributed by atoms with Gasteiger partial charge in [-0.05, 0) is 102 Å². The summed E-state index contributed by atoms with van der Waals surface area (Å²) in [6.07, 6.45) is -1.81. The van der Waals surface area contributed by atoms with E-state index in [1.165, 1.54) is 11.8 Å². The lowest BCUT2D eigenvalue weighted by atomic mass is 9.84. The van der Waals surface area contributed by atoms with Gasteiger partial charge in [-0.1, -0.05) is 219 Å². The van der Waals surface area contributed by atoms with Crippen LogP contribution >= 0.6 is 11.8 Å². The predicted molar refractivity (Wildman–Crippen MR) is 364 cm³/mol. The van der Waals surface area contributed by atoms with Crippen molar-refractivity contribution in [2.24, 2.45) is 0 Å². The van der Waals surface area contributed by atoms with Gasteiger partial charge in [0.1, 0.15) is 54.8 Å². The number of thioether (sulfide) groups is 1. The number of amides is 6.